The van der Waals surface area contributed by atoms with Gasteiger partial charge >= 0.3 is 0 Å². The van der Waals surface area contributed by atoms with Gasteiger partial charge in [0.25, 0.3) is 5.91 Å². The number of alkyl halides is 2. The zero-order valence-corrected chi connectivity index (χ0v) is 20.2. The first kappa shape index (κ1) is 22.7. The number of carbonyl (C=O) groups is 1. The number of hydrogen-bond donors (Lipinski definition) is 0. The summed E-state index contributed by atoms with van der Waals surface area (Å²) >= 11 is 24.6. The molecule has 4 rings (SSSR count). The summed E-state index contributed by atoms with van der Waals surface area (Å²) in [6.07, 6.45) is 3.92. The molecule has 0 saturated heterocycles. The first-order chi connectivity index (χ1) is 14.6. The Balaban J connectivity index is 1.80. The van der Waals surface area contributed by atoms with Gasteiger partial charge in [0.1, 0.15) is 0 Å². The Morgan fingerprint density at radius 2 is 1.65 bits per heavy atom. The Hall–Kier alpha value is -1.52. The molecule has 1 aliphatic heterocycles. The molecular formula is C24H22Cl4N2O. The SMILES string of the molecule is C[C@@H]1C/C(=C\c2ccc(Cl)cc2)C2=NN(C(=O)C(C)(Cl)Cl)[C@@H](c3ccc(Cl)cc3)[C@H]2C1. The number of amides is 1. The van der Waals surface area contributed by atoms with Crippen LogP contribution in [-0.4, -0.2) is 21.0 Å². The summed E-state index contributed by atoms with van der Waals surface area (Å²) in [5, 5.41) is 7.59. The normalized spacial score (nSPS) is 24.8. The van der Waals surface area contributed by atoms with Crippen LogP contribution in [0.2, 0.25) is 10.0 Å². The molecule has 31 heavy (non-hydrogen) atoms. The van der Waals surface area contributed by atoms with Crippen LogP contribution in [0.1, 0.15) is 43.9 Å². The second-order valence-electron chi connectivity index (χ2n) is 8.39. The molecule has 2 aliphatic rings. The van der Waals surface area contributed by atoms with Crippen molar-refractivity contribution in [1.82, 2.24) is 5.01 Å². The quantitative estimate of drug-likeness (QED) is 0.404. The fourth-order valence-corrected chi connectivity index (χ4v) is 4.84. The molecule has 0 N–H and O–H groups in total. The summed E-state index contributed by atoms with van der Waals surface area (Å²) in [6.45, 7) is 3.70. The lowest BCUT2D eigenvalue weighted by atomic mass is 9.73. The maximum Gasteiger partial charge on any atom is 0.279 e. The van der Waals surface area contributed by atoms with Gasteiger partial charge < -0.3 is 0 Å². The fraction of sp³-hybridized carbons (Fsp3) is 0.333. The van der Waals surface area contributed by atoms with E-state index in [1.54, 1.807) is 0 Å². The minimum absolute atomic E-state index is 0.0445. The van der Waals surface area contributed by atoms with Crippen LogP contribution in [0.15, 0.2) is 59.2 Å². The molecule has 7 heteroatoms. The first-order valence-corrected chi connectivity index (χ1v) is 11.7. The number of hydrogen-bond acceptors (Lipinski definition) is 2. The summed E-state index contributed by atoms with van der Waals surface area (Å²) in [6, 6.07) is 14.9. The Bertz CT molecular complexity index is 1040. The van der Waals surface area contributed by atoms with Crippen molar-refractivity contribution >= 4 is 64.1 Å². The largest absolute Gasteiger partial charge is 0.279 e. The number of fused-ring (bicyclic) bond motifs is 1. The highest BCUT2D eigenvalue weighted by Gasteiger charge is 2.48. The zero-order chi connectivity index (χ0) is 22.3. The molecule has 0 radical (unpaired) electrons. The highest BCUT2D eigenvalue weighted by Crippen LogP contribution is 2.47. The third kappa shape index (κ3) is 4.80. The van der Waals surface area contributed by atoms with E-state index in [2.05, 4.69) is 13.0 Å². The molecular weight excluding hydrogens is 474 g/mol. The van der Waals surface area contributed by atoms with Crippen LogP contribution in [0.5, 0.6) is 0 Å². The minimum Gasteiger partial charge on any atom is -0.269 e. The zero-order valence-electron chi connectivity index (χ0n) is 17.2. The molecule has 2 aromatic rings. The van der Waals surface area contributed by atoms with E-state index in [-0.39, 0.29) is 12.0 Å². The molecule has 1 amide bonds. The maximum atomic E-state index is 13.1. The number of allylic oxidation sites excluding steroid dienone is 1. The molecule has 0 bridgehead atoms. The van der Waals surface area contributed by atoms with Crippen molar-refractivity contribution in [3.63, 3.8) is 0 Å². The van der Waals surface area contributed by atoms with E-state index in [4.69, 9.17) is 51.5 Å². The topological polar surface area (TPSA) is 32.7 Å². The minimum atomic E-state index is -1.58. The second kappa shape index (κ2) is 8.78. The number of rotatable bonds is 3. The summed E-state index contributed by atoms with van der Waals surface area (Å²) < 4.78 is -1.58. The molecule has 3 atom stereocenters. The third-order valence-corrected chi connectivity index (χ3v) is 6.60. The van der Waals surface area contributed by atoms with Crippen LogP contribution in [-0.2, 0) is 4.79 Å². The van der Waals surface area contributed by atoms with Gasteiger partial charge in [0.15, 0.2) is 4.33 Å². The van der Waals surface area contributed by atoms with Crippen LogP contribution >= 0.6 is 46.4 Å². The average Bonchev–Trinajstić information content (AvgIpc) is 3.08. The first-order valence-electron chi connectivity index (χ1n) is 10.2. The van der Waals surface area contributed by atoms with Gasteiger partial charge in [-0.05, 0) is 72.7 Å². The van der Waals surface area contributed by atoms with Crippen molar-refractivity contribution in [2.45, 2.75) is 37.1 Å². The van der Waals surface area contributed by atoms with Gasteiger partial charge in [0.05, 0.1) is 11.8 Å². The van der Waals surface area contributed by atoms with Crippen LogP contribution in [0.3, 0.4) is 0 Å². The molecule has 1 aliphatic carbocycles. The number of halogens is 4. The lowest BCUT2D eigenvalue weighted by molar-refractivity contribution is -0.134. The van der Waals surface area contributed by atoms with Gasteiger partial charge in [-0.3, -0.25) is 4.79 Å². The monoisotopic (exact) mass is 494 g/mol. The summed E-state index contributed by atoms with van der Waals surface area (Å²) in [7, 11) is 0. The Morgan fingerprint density at radius 1 is 1.06 bits per heavy atom. The number of benzene rings is 2. The van der Waals surface area contributed by atoms with Crippen molar-refractivity contribution in [3.8, 4) is 0 Å². The lowest BCUT2D eigenvalue weighted by Crippen LogP contribution is -2.39. The Kier molecular flexibility index (Phi) is 6.42. The van der Waals surface area contributed by atoms with E-state index in [1.165, 1.54) is 11.9 Å². The van der Waals surface area contributed by atoms with Crippen LogP contribution in [0.4, 0.5) is 0 Å². The molecule has 0 aromatic heterocycles. The molecule has 2 aromatic carbocycles. The molecule has 0 spiro atoms. The number of hydrazone groups is 1. The van der Waals surface area contributed by atoms with Gasteiger partial charge in [0, 0.05) is 16.0 Å². The van der Waals surface area contributed by atoms with Crippen LogP contribution in [0, 0.1) is 11.8 Å². The smallest absolute Gasteiger partial charge is 0.269 e. The van der Waals surface area contributed by atoms with E-state index < -0.39 is 10.2 Å². The molecule has 0 unspecified atom stereocenters. The van der Waals surface area contributed by atoms with Gasteiger partial charge in [-0.25, -0.2) is 5.01 Å². The Labute approximate surface area is 202 Å². The van der Waals surface area contributed by atoms with E-state index in [1.807, 2.05) is 48.5 Å². The molecule has 1 heterocycles. The van der Waals surface area contributed by atoms with Crippen molar-refractivity contribution in [1.29, 1.82) is 0 Å². The standard InChI is InChI=1S/C24H22Cl4N2O/c1-14-11-17(13-15-3-7-18(25)8-4-15)21-20(12-14)22(16-5-9-19(26)10-6-16)30(29-21)23(31)24(2,27)28/h3-10,13-14,20,22H,11-12H2,1-2H3/b17-13+/t14-,20+,22+/m1/s1. The highest BCUT2D eigenvalue weighted by atomic mass is 35.5. The van der Waals surface area contributed by atoms with Crippen LogP contribution < -0.4 is 0 Å². The maximum absolute atomic E-state index is 13.1. The van der Waals surface area contributed by atoms with Gasteiger partial charge in [0.2, 0.25) is 0 Å². The summed E-state index contributed by atoms with van der Waals surface area (Å²) in [5.74, 6) is 0.0463. The molecule has 3 nitrogen and oxygen atoms in total. The highest BCUT2D eigenvalue weighted by molar-refractivity contribution is 6.57. The van der Waals surface area contributed by atoms with E-state index in [9.17, 15) is 4.79 Å². The molecule has 1 saturated carbocycles. The van der Waals surface area contributed by atoms with Gasteiger partial charge in [-0.2, -0.15) is 5.10 Å². The van der Waals surface area contributed by atoms with Crippen molar-refractivity contribution in [3.05, 3.63) is 75.3 Å². The predicted molar refractivity (Wildman–Crippen MR) is 130 cm³/mol. The third-order valence-electron chi connectivity index (χ3n) is 5.77. The molecule has 162 valence electrons. The van der Waals surface area contributed by atoms with Gasteiger partial charge in [-0.1, -0.05) is 77.6 Å². The summed E-state index contributed by atoms with van der Waals surface area (Å²) in [5.41, 5.74) is 4.03. The fourth-order valence-electron chi connectivity index (χ4n) is 4.41. The van der Waals surface area contributed by atoms with Gasteiger partial charge in [-0.15, -0.1) is 0 Å². The molecule has 1 fully saturated rings. The Morgan fingerprint density at radius 3 is 2.23 bits per heavy atom. The van der Waals surface area contributed by atoms with Crippen molar-refractivity contribution in [2.75, 3.05) is 0 Å². The lowest BCUT2D eigenvalue weighted by Gasteiger charge is -2.33. The number of carbonyl (C=O) groups excluding carboxylic acids is 1. The van der Waals surface area contributed by atoms with E-state index >= 15 is 0 Å². The van der Waals surface area contributed by atoms with Crippen molar-refractivity contribution < 1.29 is 4.79 Å². The number of nitrogens with zero attached hydrogens (tertiary/aromatic N) is 2. The van der Waals surface area contributed by atoms with E-state index in [0.717, 1.165) is 35.3 Å². The van der Waals surface area contributed by atoms with E-state index in [0.29, 0.717) is 16.0 Å². The average molecular weight is 496 g/mol. The summed E-state index contributed by atoms with van der Waals surface area (Å²) in [4.78, 5) is 13.1. The second-order valence-corrected chi connectivity index (χ2v) is 11.0. The predicted octanol–water partition coefficient (Wildman–Crippen LogP) is 7.56. The van der Waals surface area contributed by atoms with Crippen molar-refractivity contribution in [2.24, 2.45) is 16.9 Å². The van der Waals surface area contributed by atoms with Crippen LogP contribution in [0.25, 0.3) is 6.08 Å².